The highest BCUT2D eigenvalue weighted by molar-refractivity contribution is 5.95. The molecule has 0 saturated heterocycles. The van der Waals surface area contributed by atoms with Crippen molar-refractivity contribution in [1.29, 1.82) is 0 Å². The van der Waals surface area contributed by atoms with E-state index < -0.39 is 0 Å². The Morgan fingerprint density at radius 3 is 2.42 bits per heavy atom. The van der Waals surface area contributed by atoms with Crippen molar-refractivity contribution in [3.63, 3.8) is 0 Å². The van der Waals surface area contributed by atoms with E-state index in [4.69, 9.17) is 6.42 Å². The maximum Gasteiger partial charge on any atom is 0.319 e. The summed E-state index contributed by atoms with van der Waals surface area (Å²) in [5.74, 6) is 2.09. The number of hydrogen-bond donors (Lipinski definition) is 3. The molecular weight excluding hydrogens is 242 g/mol. The zero-order chi connectivity index (χ0) is 14.3. The molecule has 0 spiro atoms. The van der Waals surface area contributed by atoms with Gasteiger partial charge in [0.15, 0.2) is 0 Å². The number of terminal acetylenes is 1. The number of anilines is 1. The monoisotopic (exact) mass is 259 g/mol. The third-order valence-electron chi connectivity index (χ3n) is 2.18. The average molecular weight is 259 g/mol. The molecule has 0 radical (unpaired) electrons. The third kappa shape index (κ3) is 5.13. The molecule has 1 aromatic rings. The number of rotatable bonds is 4. The minimum atomic E-state index is -0.278. The highest BCUT2D eigenvalue weighted by Gasteiger charge is 2.06. The summed E-state index contributed by atoms with van der Waals surface area (Å²) >= 11 is 0. The van der Waals surface area contributed by atoms with Gasteiger partial charge in [-0.05, 0) is 38.1 Å². The fourth-order valence-electron chi connectivity index (χ4n) is 1.37. The quantitative estimate of drug-likeness (QED) is 0.718. The molecule has 1 rings (SSSR count). The fraction of sp³-hybridized carbons (Fsp3) is 0.286. The molecule has 0 unspecified atom stereocenters. The molecule has 5 nitrogen and oxygen atoms in total. The Kier molecular flexibility index (Phi) is 5.42. The van der Waals surface area contributed by atoms with Crippen LogP contribution in [0.15, 0.2) is 24.3 Å². The smallest absolute Gasteiger partial charge is 0.319 e. The summed E-state index contributed by atoms with van der Waals surface area (Å²) in [5.41, 5.74) is 1.11. The minimum absolute atomic E-state index is 0.0637. The Hall–Kier alpha value is -2.48. The van der Waals surface area contributed by atoms with Crippen molar-refractivity contribution in [2.24, 2.45) is 0 Å². The number of carbonyl (C=O) groups is 2. The molecule has 0 aliphatic carbocycles. The summed E-state index contributed by atoms with van der Waals surface area (Å²) in [5, 5.41) is 7.93. The Morgan fingerprint density at radius 1 is 1.26 bits per heavy atom. The molecule has 19 heavy (non-hydrogen) atoms. The van der Waals surface area contributed by atoms with E-state index in [1.165, 1.54) is 0 Å². The van der Waals surface area contributed by atoms with Gasteiger partial charge in [-0.25, -0.2) is 4.79 Å². The number of hydrogen-bond acceptors (Lipinski definition) is 2. The first-order valence-corrected chi connectivity index (χ1v) is 5.92. The van der Waals surface area contributed by atoms with Crippen molar-refractivity contribution in [3.05, 3.63) is 29.8 Å². The van der Waals surface area contributed by atoms with Crippen LogP contribution in [0.3, 0.4) is 0 Å². The van der Waals surface area contributed by atoms with Crippen molar-refractivity contribution in [1.82, 2.24) is 10.6 Å². The van der Waals surface area contributed by atoms with E-state index in [1.807, 2.05) is 13.8 Å². The molecule has 0 aliphatic rings. The van der Waals surface area contributed by atoms with E-state index in [-0.39, 0.29) is 24.5 Å². The van der Waals surface area contributed by atoms with Gasteiger partial charge in [-0.2, -0.15) is 0 Å². The summed E-state index contributed by atoms with van der Waals surface area (Å²) < 4.78 is 0. The van der Waals surface area contributed by atoms with Crippen LogP contribution < -0.4 is 16.0 Å². The number of urea groups is 1. The highest BCUT2D eigenvalue weighted by atomic mass is 16.2. The average Bonchev–Trinajstić information content (AvgIpc) is 2.35. The van der Waals surface area contributed by atoms with Crippen molar-refractivity contribution >= 4 is 17.6 Å². The van der Waals surface area contributed by atoms with Crippen LogP contribution in [0.25, 0.3) is 0 Å². The van der Waals surface area contributed by atoms with Crippen molar-refractivity contribution in [2.45, 2.75) is 19.9 Å². The minimum Gasteiger partial charge on any atom is -0.341 e. The van der Waals surface area contributed by atoms with Crippen LogP contribution in [0.1, 0.15) is 24.2 Å². The molecular formula is C14H17N3O2. The summed E-state index contributed by atoms with van der Waals surface area (Å²) in [4.78, 5) is 23.0. The summed E-state index contributed by atoms with van der Waals surface area (Å²) in [6.45, 7) is 3.94. The van der Waals surface area contributed by atoms with Crippen LogP contribution in [0.2, 0.25) is 0 Å². The Morgan fingerprint density at radius 2 is 1.89 bits per heavy atom. The molecule has 0 heterocycles. The molecule has 0 aromatic heterocycles. The van der Waals surface area contributed by atoms with Gasteiger partial charge in [0.2, 0.25) is 0 Å². The predicted octanol–water partition coefficient (Wildman–Crippen LogP) is 1.58. The van der Waals surface area contributed by atoms with E-state index in [2.05, 4.69) is 21.9 Å². The topological polar surface area (TPSA) is 70.2 Å². The van der Waals surface area contributed by atoms with E-state index in [0.29, 0.717) is 11.3 Å². The second-order valence-corrected chi connectivity index (χ2v) is 4.22. The molecule has 1 aromatic carbocycles. The Balaban J connectivity index is 2.59. The van der Waals surface area contributed by atoms with Gasteiger partial charge in [0, 0.05) is 17.3 Å². The van der Waals surface area contributed by atoms with Gasteiger partial charge in [0.1, 0.15) is 0 Å². The van der Waals surface area contributed by atoms with E-state index in [9.17, 15) is 9.59 Å². The van der Waals surface area contributed by atoms with Crippen LogP contribution >= 0.6 is 0 Å². The molecule has 3 amide bonds. The lowest BCUT2D eigenvalue weighted by Gasteiger charge is -2.10. The summed E-state index contributed by atoms with van der Waals surface area (Å²) in [7, 11) is 0. The molecule has 0 fully saturated rings. The maximum atomic E-state index is 11.6. The number of carbonyl (C=O) groups excluding carboxylic acids is 2. The van der Waals surface area contributed by atoms with Gasteiger partial charge in [0.25, 0.3) is 5.91 Å². The molecule has 0 aliphatic heterocycles. The van der Waals surface area contributed by atoms with Gasteiger partial charge in [0.05, 0.1) is 6.54 Å². The second kappa shape index (κ2) is 7.07. The first kappa shape index (κ1) is 14.6. The van der Waals surface area contributed by atoms with Crippen molar-refractivity contribution < 1.29 is 9.59 Å². The van der Waals surface area contributed by atoms with Crippen LogP contribution in [0.5, 0.6) is 0 Å². The van der Waals surface area contributed by atoms with Crippen LogP contribution in [-0.2, 0) is 0 Å². The summed E-state index contributed by atoms with van der Waals surface area (Å²) in [6.07, 6.45) is 5.05. The first-order chi connectivity index (χ1) is 9.02. The van der Waals surface area contributed by atoms with Gasteiger partial charge in [-0.3, -0.25) is 4.79 Å². The number of benzene rings is 1. The predicted molar refractivity (Wildman–Crippen MR) is 74.9 cm³/mol. The highest BCUT2D eigenvalue weighted by Crippen LogP contribution is 2.09. The van der Waals surface area contributed by atoms with Gasteiger partial charge < -0.3 is 16.0 Å². The first-order valence-electron chi connectivity index (χ1n) is 5.92. The van der Waals surface area contributed by atoms with E-state index in [0.717, 1.165) is 0 Å². The SMILES string of the molecule is C#CCNC(=O)c1ccc(NC(=O)NC(C)C)cc1. The zero-order valence-electron chi connectivity index (χ0n) is 11.0. The molecule has 5 heteroatoms. The number of amides is 3. The molecule has 0 saturated carbocycles. The van der Waals surface area contributed by atoms with Crippen molar-refractivity contribution in [3.8, 4) is 12.3 Å². The Bertz CT molecular complexity index is 486. The molecule has 0 bridgehead atoms. The molecule has 100 valence electrons. The second-order valence-electron chi connectivity index (χ2n) is 4.22. The normalized spacial score (nSPS) is 9.58. The van der Waals surface area contributed by atoms with Gasteiger partial charge in [-0.1, -0.05) is 5.92 Å². The lowest BCUT2D eigenvalue weighted by molar-refractivity contribution is 0.0958. The standard InChI is InChI=1S/C14H17N3O2/c1-4-9-15-13(18)11-5-7-12(8-6-11)17-14(19)16-10(2)3/h1,5-8,10H,9H2,2-3H3,(H,15,18)(H2,16,17,19). The number of nitrogens with one attached hydrogen (secondary N) is 3. The van der Waals surface area contributed by atoms with Crippen molar-refractivity contribution in [2.75, 3.05) is 11.9 Å². The Labute approximate surface area is 112 Å². The van der Waals surface area contributed by atoms with Gasteiger partial charge >= 0.3 is 6.03 Å². The molecule has 0 atom stereocenters. The van der Waals surface area contributed by atoms with E-state index >= 15 is 0 Å². The maximum absolute atomic E-state index is 11.6. The van der Waals surface area contributed by atoms with E-state index in [1.54, 1.807) is 24.3 Å². The zero-order valence-corrected chi connectivity index (χ0v) is 11.0. The molecule has 3 N–H and O–H groups in total. The lowest BCUT2D eigenvalue weighted by atomic mass is 10.2. The lowest BCUT2D eigenvalue weighted by Crippen LogP contribution is -2.34. The van der Waals surface area contributed by atoms with Crippen LogP contribution in [-0.4, -0.2) is 24.5 Å². The largest absolute Gasteiger partial charge is 0.341 e. The fourth-order valence-corrected chi connectivity index (χ4v) is 1.37. The van der Waals surface area contributed by atoms with Crippen LogP contribution in [0.4, 0.5) is 10.5 Å². The third-order valence-corrected chi connectivity index (χ3v) is 2.18. The van der Waals surface area contributed by atoms with Gasteiger partial charge in [-0.15, -0.1) is 6.42 Å². The van der Waals surface area contributed by atoms with Crippen LogP contribution in [0, 0.1) is 12.3 Å². The summed E-state index contributed by atoms with van der Waals surface area (Å²) in [6, 6.07) is 6.34.